The Hall–Kier alpha value is -8.54. The van der Waals surface area contributed by atoms with Gasteiger partial charge in [-0.05, 0) is 135 Å². The van der Waals surface area contributed by atoms with Crippen molar-refractivity contribution in [1.82, 2.24) is 0 Å². The van der Waals surface area contributed by atoms with Gasteiger partial charge in [0.25, 0.3) is 0 Å². The largest absolute Gasteiger partial charge is 0.508 e. The summed E-state index contributed by atoms with van der Waals surface area (Å²) in [5, 5.41) is 81.0. The zero-order valence-electron chi connectivity index (χ0n) is 56.0. The molecular weight excluding hydrogens is 1390 g/mol. The normalized spacial score (nSPS) is 21.5. The highest BCUT2D eigenvalue weighted by Crippen LogP contribution is 2.40. The number of benzene rings is 6. The minimum atomic E-state index is -0.704. The number of hydrogen-bond acceptors (Lipinski definition) is 28. The van der Waals surface area contributed by atoms with E-state index in [0.717, 1.165) is 10.1 Å². The molecule has 0 bridgehead atoms. The summed E-state index contributed by atoms with van der Waals surface area (Å²) < 4.78 is 10.0. The van der Waals surface area contributed by atoms with E-state index in [1.54, 1.807) is 115 Å². The number of carbonyl (C=O) groups excluding carboxylic acids is 6. The highest BCUT2D eigenvalue weighted by atomic mass is 32.2. The summed E-state index contributed by atoms with van der Waals surface area (Å²) in [6, 6.07) is 32.1. The van der Waals surface area contributed by atoms with Crippen LogP contribution < -0.4 is 9.47 Å². The number of aromatic hydroxyl groups is 8. The molecule has 0 spiro atoms. The summed E-state index contributed by atoms with van der Waals surface area (Å²) >= 11 is 8.88. The van der Waals surface area contributed by atoms with E-state index in [0.29, 0.717) is 99.6 Å². The quantitative estimate of drug-likeness (QED) is 0.0502. The first kappa shape index (κ1) is 77.8. The van der Waals surface area contributed by atoms with Crippen LogP contribution in [0.4, 0.5) is 0 Å². The molecule has 99 heavy (non-hydrogen) atoms. The molecule has 0 saturated heterocycles. The van der Waals surface area contributed by atoms with Crippen LogP contribution in [0.2, 0.25) is 0 Å². The number of carbonyl (C=O) groups is 6. The number of hydrogen-bond donors (Lipinski definition) is 8. The predicted molar refractivity (Wildman–Crippen MR) is 400 cm³/mol. The molecule has 0 saturated carbocycles. The molecule has 22 nitrogen and oxygen atoms in total. The number of phenolic OH excluding ortho intramolecular Hbond substituents is 8. The average Bonchev–Trinajstić information content (AvgIpc) is 1.65. The number of Topliss-reactive ketones (excluding diaryl/α,β-unsaturated/α-hetero) is 6. The standard InChI is InChI=1S/C13H15NO3S.2C12H13NO3S.C12H13NO2S.C11H11NO3S.C11H11NO2S/c1-8(15)13(2)7-18-12(14-13)10-5-4-9(17-3)6-11(10)16;1-7(14)10-6-17-12(13-10)9-4-3-8(16-2)5-11(9)15;1-7(14)12(2)6-17-11(13-12)9-4-3-8(15)5-10(9)16;1-8(14)12(2)7-16-11(13-12)9-5-3-4-6-10(9)15;1-6(13)9-5-16-11(12-9)8-3-2-7(14)4-10(8)15;1-7(13)9-6-15-11(12-9)8-4-2-3-5-10(8)14/h4-6,16H,7H2,1-3H3;3-5,10,15H,6H2,1-2H3;3-5,15-16H,6H2,1-2H3;3-6,15H,7H2,1-2H3;2-4,9,14-15H,5H2,1H3;2-5,9,14H,6H2,1H3/t13-;10-;2*12-;2*9-/m111111/s1. The van der Waals surface area contributed by atoms with E-state index in [-0.39, 0.29) is 98.8 Å². The summed E-state index contributed by atoms with van der Waals surface area (Å²) in [7, 11) is 3.09. The highest BCUT2D eigenvalue weighted by Gasteiger charge is 2.39. The molecule has 0 unspecified atom stereocenters. The van der Waals surface area contributed by atoms with Crippen molar-refractivity contribution in [2.24, 2.45) is 30.0 Å². The fraction of sp³-hybridized carbons (Fsp3) is 0.324. The first-order valence-corrected chi connectivity index (χ1v) is 36.4. The van der Waals surface area contributed by atoms with E-state index in [9.17, 15) is 64.5 Å². The summed E-state index contributed by atoms with van der Waals surface area (Å²) in [5.74, 6) is 5.88. The van der Waals surface area contributed by atoms with Gasteiger partial charge in [-0.2, -0.15) is 0 Å². The number of aliphatic imine (C=N–C) groups is 6. The lowest BCUT2D eigenvalue weighted by Crippen LogP contribution is -2.31. The lowest BCUT2D eigenvalue weighted by molar-refractivity contribution is -0.121. The molecule has 6 aliphatic rings. The van der Waals surface area contributed by atoms with E-state index in [2.05, 4.69) is 30.0 Å². The highest BCUT2D eigenvalue weighted by molar-refractivity contribution is 8.16. The minimum Gasteiger partial charge on any atom is -0.508 e. The Morgan fingerprint density at radius 3 is 0.859 bits per heavy atom. The number of para-hydroxylation sites is 2. The van der Waals surface area contributed by atoms with Crippen molar-refractivity contribution >= 4 is 136 Å². The molecule has 522 valence electrons. The van der Waals surface area contributed by atoms with Crippen molar-refractivity contribution in [1.29, 1.82) is 0 Å². The Morgan fingerprint density at radius 1 is 0.354 bits per heavy atom. The number of ether oxygens (including phenoxy) is 2. The molecule has 0 radical (unpaired) electrons. The van der Waals surface area contributed by atoms with E-state index in [1.165, 1.54) is 116 Å². The zero-order chi connectivity index (χ0) is 72.7. The Bertz CT molecular complexity index is 4270. The third kappa shape index (κ3) is 20.3. The van der Waals surface area contributed by atoms with Crippen LogP contribution >= 0.6 is 70.6 Å². The van der Waals surface area contributed by atoms with Gasteiger partial charge in [-0.25, -0.2) is 0 Å². The van der Waals surface area contributed by atoms with Gasteiger partial charge in [-0.3, -0.25) is 58.7 Å². The van der Waals surface area contributed by atoms with Crippen LogP contribution in [0.15, 0.2) is 151 Å². The Labute approximate surface area is 598 Å². The van der Waals surface area contributed by atoms with Gasteiger partial charge in [0.1, 0.15) is 122 Å². The maximum absolute atomic E-state index is 11.5. The van der Waals surface area contributed by atoms with Crippen LogP contribution in [0.5, 0.6) is 57.5 Å². The molecule has 0 amide bonds. The first-order chi connectivity index (χ1) is 46.8. The van der Waals surface area contributed by atoms with Crippen molar-refractivity contribution in [2.75, 3.05) is 48.7 Å². The van der Waals surface area contributed by atoms with Gasteiger partial charge in [0.15, 0.2) is 34.7 Å². The van der Waals surface area contributed by atoms with Crippen LogP contribution in [0.1, 0.15) is 95.7 Å². The van der Waals surface area contributed by atoms with Gasteiger partial charge < -0.3 is 50.3 Å². The third-order valence-electron chi connectivity index (χ3n) is 15.7. The average molecular weight is 1460 g/mol. The number of ketones is 6. The van der Waals surface area contributed by atoms with Crippen LogP contribution in [0, 0.1) is 0 Å². The van der Waals surface area contributed by atoms with Gasteiger partial charge >= 0.3 is 0 Å². The van der Waals surface area contributed by atoms with Crippen LogP contribution in [-0.4, -0.2) is 189 Å². The maximum Gasteiger partial charge on any atom is 0.157 e. The Kier molecular flexibility index (Phi) is 27.1. The SMILES string of the molecule is CC(=O)[C@@]1(C)CSC(c2ccc(O)cc2O)=N1.CC(=O)[C@@]1(C)CSC(c2ccccc2O)=N1.CC(=O)[C@H]1CSC(c2ccc(O)cc2O)=N1.CC(=O)[C@H]1CSC(c2ccccc2O)=N1.COc1ccc(C2=N[C@@H](C(C)=O)CS2)c(O)c1.COc1ccc(C2=N[C@@](C)(C(C)=O)CS2)c(O)c1. The number of rotatable bonds is 14. The summed E-state index contributed by atoms with van der Waals surface area (Å²) in [4.78, 5) is 94.0. The van der Waals surface area contributed by atoms with Gasteiger partial charge in [-0.15, -0.1) is 70.6 Å². The van der Waals surface area contributed by atoms with E-state index < -0.39 is 16.6 Å². The second-order valence-corrected chi connectivity index (χ2v) is 29.3. The smallest absolute Gasteiger partial charge is 0.157 e. The molecule has 28 heteroatoms. The van der Waals surface area contributed by atoms with Crippen molar-refractivity contribution in [3.63, 3.8) is 0 Å². The molecule has 12 rings (SSSR count). The maximum atomic E-state index is 11.5. The molecule has 0 fully saturated rings. The summed E-state index contributed by atoms with van der Waals surface area (Å²) in [6.45, 7) is 14.6. The van der Waals surface area contributed by atoms with E-state index in [4.69, 9.17) is 14.6 Å². The molecule has 0 aromatic heterocycles. The fourth-order valence-electron chi connectivity index (χ4n) is 8.99. The predicted octanol–water partition coefficient (Wildman–Crippen LogP) is 11.7. The number of methoxy groups -OCH3 is 2. The van der Waals surface area contributed by atoms with Crippen molar-refractivity contribution in [2.45, 2.75) is 97.1 Å². The van der Waals surface area contributed by atoms with E-state index in [1.807, 2.05) is 38.1 Å². The zero-order valence-corrected chi connectivity index (χ0v) is 60.9. The Morgan fingerprint density at radius 2 is 0.616 bits per heavy atom. The van der Waals surface area contributed by atoms with Crippen molar-refractivity contribution < 1.29 is 79.1 Å². The molecule has 6 atom stereocenters. The van der Waals surface area contributed by atoms with Crippen molar-refractivity contribution in [3.8, 4) is 57.5 Å². The van der Waals surface area contributed by atoms with Crippen LogP contribution in [0.25, 0.3) is 0 Å². The molecule has 6 aromatic rings. The van der Waals surface area contributed by atoms with Gasteiger partial charge in [0.05, 0.1) is 14.2 Å². The monoisotopic (exact) mass is 1460 g/mol. The van der Waals surface area contributed by atoms with Gasteiger partial charge in [0, 0.05) is 92.2 Å². The second-order valence-electron chi connectivity index (χ2n) is 23.4. The molecule has 6 aromatic carbocycles. The van der Waals surface area contributed by atoms with Gasteiger partial charge in [0.2, 0.25) is 0 Å². The Balaban J connectivity index is 0.000000167. The fourth-order valence-corrected chi connectivity index (χ4v) is 16.3. The topological polar surface area (TPSA) is 357 Å². The molecule has 0 aliphatic carbocycles. The lowest BCUT2D eigenvalue weighted by atomic mass is 10.0. The van der Waals surface area contributed by atoms with Crippen LogP contribution in [0.3, 0.4) is 0 Å². The number of phenols is 8. The summed E-state index contributed by atoms with van der Waals surface area (Å²) in [6.07, 6.45) is 0. The molecule has 6 heterocycles. The second kappa shape index (κ2) is 34.5. The van der Waals surface area contributed by atoms with Gasteiger partial charge in [-0.1, -0.05) is 24.3 Å². The lowest BCUT2D eigenvalue weighted by Gasteiger charge is -2.14. The number of thioether (sulfide) groups is 6. The van der Waals surface area contributed by atoms with E-state index >= 15 is 0 Å². The first-order valence-electron chi connectivity index (χ1n) is 30.5. The molecule has 8 N–H and O–H groups in total. The summed E-state index contributed by atoms with van der Waals surface area (Å²) in [5.41, 5.74) is 1.82. The molecule has 6 aliphatic heterocycles. The van der Waals surface area contributed by atoms with Crippen molar-refractivity contribution in [3.05, 3.63) is 155 Å². The minimum absolute atomic E-state index is 0.00387. The molecular formula is C71H76N6O16S6. The number of nitrogens with zero attached hydrogens (tertiary/aromatic N) is 6. The third-order valence-corrected chi connectivity index (χ3v) is 22.8. The van der Waals surface area contributed by atoms with Crippen LogP contribution in [-0.2, 0) is 28.8 Å².